The van der Waals surface area contributed by atoms with E-state index in [0.29, 0.717) is 12.2 Å². The third-order valence-corrected chi connectivity index (χ3v) is 2.03. The van der Waals surface area contributed by atoms with Crippen LogP contribution in [0.4, 0.5) is 5.69 Å². The van der Waals surface area contributed by atoms with Crippen LogP contribution in [0, 0.1) is 32.8 Å². The smallest absolute Gasteiger partial charge is 0.311 e. The molecule has 90 valence electrons. The van der Waals surface area contributed by atoms with Crippen molar-refractivity contribution in [2.75, 3.05) is 6.61 Å². The zero-order chi connectivity index (χ0) is 13.5. The Balaban J connectivity index is 3.25. The van der Waals surface area contributed by atoms with Crippen LogP contribution >= 0.6 is 0 Å². The number of allylic oxidation sites excluding steroid dienone is 1. The van der Waals surface area contributed by atoms with Crippen molar-refractivity contribution in [2.45, 2.75) is 6.92 Å². The maximum Gasteiger partial charge on any atom is 0.311 e. The van der Waals surface area contributed by atoms with Gasteiger partial charge in [-0.15, -0.1) is 0 Å². The van der Waals surface area contributed by atoms with Gasteiger partial charge in [0.1, 0.15) is 17.7 Å². The first-order valence-electron chi connectivity index (χ1n) is 5.05. The molecule has 0 atom stereocenters. The molecule has 18 heavy (non-hydrogen) atoms. The minimum absolute atomic E-state index is 0.117. The van der Waals surface area contributed by atoms with Crippen molar-refractivity contribution in [1.29, 1.82) is 10.5 Å². The van der Waals surface area contributed by atoms with Gasteiger partial charge in [0.15, 0.2) is 5.75 Å². The average Bonchev–Trinajstić information content (AvgIpc) is 2.37. The summed E-state index contributed by atoms with van der Waals surface area (Å²) in [5, 5.41) is 28.1. The van der Waals surface area contributed by atoms with Gasteiger partial charge in [-0.3, -0.25) is 10.1 Å². The number of hydrogen-bond acceptors (Lipinski definition) is 5. The lowest BCUT2D eigenvalue weighted by Gasteiger charge is -2.04. The Morgan fingerprint density at radius 3 is 2.67 bits per heavy atom. The van der Waals surface area contributed by atoms with E-state index in [1.807, 2.05) is 0 Å². The van der Waals surface area contributed by atoms with E-state index in [9.17, 15) is 10.1 Å². The third-order valence-electron chi connectivity index (χ3n) is 2.03. The van der Waals surface area contributed by atoms with Gasteiger partial charge in [-0.1, -0.05) is 6.07 Å². The van der Waals surface area contributed by atoms with Gasteiger partial charge in [0.2, 0.25) is 0 Å². The van der Waals surface area contributed by atoms with Gasteiger partial charge in [-0.05, 0) is 24.6 Å². The van der Waals surface area contributed by atoms with Crippen molar-refractivity contribution in [3.63, 3.8) is 0 Å². The molecule has 1 aromatic rings. The second-order valence-corrected chi connectivity index (χ2v) is 3.20. The van der Waals surface area contributed by atoms with Crippen LogP contribution in [0.5, 0.6) is 5.75 Å². The quantitative estimate of drug-likeness (QED) is 0.459. The highest BCUT2D eigenvalue weighted by Crippen LogP contribution is 2.28. The number of rotatable bonds is 4. The monoisotopic (exact) mass is 243 g/mol. The van der Waals surface area contributed by atoms with E-state index in [-0.39, 0.29) is 17.0 Å². The number of benzene rings is 1. The van der Waals surface area contributed by atoms with Crippen molar-refractivity contribution in [2.24, 2.45) is 0 Å². The summed E-state index contributed by atoms with van der Waals surface area (Å²) in [6.07, 6.45) is 1.28. The first-order chi connectivity index (χ1) is 8.62. The SMILES string of the molecule is CCOc1ccc(C=C(C#N)C#N)cc1[N+](=O)[O-]. The highest BCUT2D eigenvalue weighted by Gasteiger charge is 2.15. The Kier molecular flexibility index (Phi) is 4.42. The number of nitrogens with zero attached hydrogens (tertiary/aromatic N) is 3. The molecular formula is C12H9N3O3. The summed E-state index contributed by atoms with van der Waals surface area (Å²) in [6, 6.07) is 7.63. The molecule has 0 fully saturated rings. The lowest BCUT2D eigenvalue weighted by molar-refractivity contribution is -0.385. The van der Waals surface area contributed by atoms with E-state index in [0.717, 1.165) is 0 Å². The summed E-state index contributed by atoms with van der Waals surface area (Å²) in [6.45, 7) is 2.04. The van der Waals surface area contributed by atoms with Crippen molar-refractivity contribution >= 4 is 11.8 Å². The Bertz CT molecular complexity index is 563. The molecule has 0 amide bonds. The molecule has 0 heterocycles. The van der Waals surface area contributed by atoms with Crippen LogP contribution in [-0.4, -0.2) is 11.5 Å². The molecule has 6 heteroatoms. The highest BCUT2D eigenvalue weighted by molar-refractivity contribution is 5.65. The Labute approximate surface area is 103 Å². The second kappa shape index (κ2) is 6.02. The maximum absolute atomic E-state index is 10.8. The van der Waals surface area contributed by atoms with Crippen molar-refractivity contribution in [1.82, 2.24) is 0 Å². The normalized spacial score (nSPS) is 8.83. The van der Waals surface area contributed by atoms with E-state index in [1.54, 1.807) is 25.1 Å². The number of nitro groups is 1. The molecule has 0 N–H and O–H groups in total. The molecule has 0 bridgehead atoms. The predicted molar refractivity (Wildman–Crippen MR) is 63.5 cm³/mol. The predicted octanol–water partition coefficient (Wildman–Crippen LogP) is 2.42. The fourth-order valence-corrected chi connectivity index (χ4v) is 1.30. The van der Waals surface area contributed by atoms with Gasteiger partial charge in [-0.25, -0.2) is 0 Å². The molecule has 0 aliphatic carbocycles. The maximum atomic E-state index is 10.8. The van der Waals surface area contributed by atoms with Crippen LogP contribution < -0.4 is 4.74 Å². The summed E-state index contributed by atoms with van der Waals surface area (Å²) in [4.78, 5) is 10.3. The van der Waals surface area contributed by atoms with Crippen molar-refractivity contribution in [3.05, 3.63) is 39.4 Å². The van der Waals surface area contributed by atoms with Gasteiger partial charge >= 0.3 is 5.69 Å². The van der Waals surface area contributed by atoms with Crippen LogP contribution in [-0.2, 0) is 0 Å². The lowest BCUT2D eigenvalue weighted by Crippen LogP contribution is -1.97. The molecular weight excluding hydrogens is 234 g/mol. The topological polar surface area (TPSA) is 99.9 Å². The zero-order valence-electron chi connectivity index (χ0n) is 9.58. The standard InChI is InChI=1S/C12H9N3O3/c1-2-18-12-4-3-9(5-10(7-13)8-14)6-11(12)15(16)17/h3-6H,2H2,1H3. The van der Waals surface area contributed by atoms with E-state index in [2.05, 4.69) is 0 Å². The second-order valence-electron chi connectivity index (χ2n) is 3.20. The van der Waals surface area contributed by atoms with Crippen LogP contribution in [0.3, 0.4) is 0 Å². The average molecular weight is 243 g/mol. The Hall–Kier alpha value is -2.86. The minimum atomic E-state index is -0.569. The molecule has 1 rings (SSSR count). The van der Waals surface area contributed by atoms with Crippen LogP contribution in [0.2, 0.25) is 0 Å². The number of hydrogen-bond donors (Lipinski definition) is 0. The Morgan fingerprint density at radius 1 is 1.50 bits per heavy atom. The largest absolute Gasteiger partial charge is 0.487 e. The third kappa shape index (κ3) is 3.06. The van der Waals surface area contributed by atoms with E-state index < -0.39 is 4.92 Å². The van der Waals surface area contributed by atoms with Gasteiger partial charge in [0.05, 0.1) is 11.5 Å². The molecule has 0 aliphatic rings. The van der Waals surface area contributed by atoms with Crippen LogP contribution in [0.25, 0.3) is 6.08 Å². The fraction of sp³-hybridized carbons (Fsp3) is 0.167. The van der Waals surface area contributed by atoms with Gasteiger partial charge in [0, 0.05) is 6.07 Å². The van der Waals surface area contributed by atoms with Gasteiger partial charge < -0.3 is 4.74 Å². The fourth-order valence-electron chi connectivity index (χ4n) is 1.30. The summed E-state index contributed by atoms with van der Waals surface area (Å²) in [5.41, 5.74) is 0.0949. The molecule has 0 saturated carbocycles. The first-order valence-corrected chi connectivity index (χ1v) is 5.05. The minimum Gasteiger partial charge on any atom is -0.487 e. The van der Waals surface area contributed by atoms with Gasteiger partial charge in [-0.2, -0.15) is 10.5 Å². The Morgan fingerprint density at radius 2 is 2.17 bits per heavy atom. The van der Waals surface area contributed by atoms with Gasteiger partial charge in [0.25, 0.3) is 0 Å². The van der Waals surface area contributed by atoms with E-state index in [4.69, 9.17) is 15.3 Å². The number of ether oxygens (including phenoxy) is 1. The molecule has 6 nitrogen and oxygen atoms in total. The summed E-state index contributed by atoms with van der Waals surface area (Å²) < 4.78 is 5.12. The molecule has 1 aromatic carbocycles. The molecule has 0 spiro atoms. The van der Waals surface area contributed by atoms with E-state index >= 15 is 0 Å². The lowest BCUT2D eigenvalue weighted by atomic mass is 10.1. The highest BCUT2D eigenvalue weighted by atomic mass is 16.6. The van der Waals surface area contributed by atoms with Crippen molar-refractivity contribution < 1.29 is 9.66 Å². The van der Waals surface area contributed by atoms with Crippen LogP contribution in [0.15, 0.2) is 23.8 Å². The number of nitro benzene ring substituents is 1. The molecule has 0 aliphatic heterocycles. The summed E-state index contributed by atoms with van der Waals surface area (Å²) in [7, 11) is 0. The van der Waals surface area contributed by atoms with Crippen LogP contribution in [0.1, 0.15) is 12.5 Å². The molecule has 0 saturated heterocycles. The molecule has 0 radical (unpaired) electrons. The zero-order valence-corrected chi connectivity index (χ0v) is 9.58. The summed E-state index contributed by atoms with van der Waals surface area (Å²) >= 11 is 0. The summed E-state index contributed by atoms with van der Waals surface area (Å²) in [5.74, 6) is 0.162. The van der Waals surface area contributed by atoms with E-state index in [1.165, 1.54) is 18.2 Å². The number of nitriles is 2. The van der Waals surface area contributed by atoms with Crippen molar-refractivity contribution in [3.8, 4) is 17.9 Å². The molecule has 0 aromatic heterocycles. The first kappa shape index (κ1) is 13.2. The molecule has 0 unspecified atom stereocenters.